The van der Waals surface area contributed by atoms with Crippen molar-refractivity contribution >= 4 is 31.9 Å². The van der Waals surface area contributed by atoms with E-state index in [2.05, 4.69) is 25.3 Å². The first-order valence-electron chi connectivity index (χ1n) is 6.91. The van der Waals surface area contributed by atoms with Gasteiger partial charge in [0.15, 0.2) is 11.4 Å². The number of aliphatic hydroxyl groups excluding tert-OH is 1. The number of sulfonamides is 1. The number of aliphatic imine (C=N–C) groups is 2. The summed E-state index contributed by atoms with van der Waals surface area (Å²) >= 11 is 0. The number of guanidine groups is 1. The van der Waals surface area contributed by atoms with Crippen LogP contribution in [0.15, 0.2) is 9.98 Å². The summed E-state index contributed by atoms with van der Waals surface area (Å²) < 4.78 is 55.0. The van der Waals surface area contributed by atoms with Gasteiger partial charge in [-0.25, -0.2) is 23.1 Å². The van der Waals surface area contributed by atoms with E-state index in [1.165, 1.54) is 0 Å². The van der Waals surface area contributed by atoms with Crippen LogP contribution in [-0.4, -0.2) is 87.9 Å². The van der Waals surface area contributed by atoms with Crippen LogP contribution in [0.2, 0.25) is 0 Å². The van der Waals surface area contributed by atoms with E-state index in [0.717, 1.165) is 0 Å². The smallest absolute Gasteiger partial charge is 0.280 e. The third-order valence-electron chi connectivity index (χ3n) is 2.79. The van der Waals surface area contributed by atoms with Crippen LogP contribution in [0.5, 0.6) is 0 Å². The molecular formula is C10H22N6O6S2. The van der Waals surface area contributed by atoms with Crippen LogP contribution in [-0.2, 0) is 20.1 Å². The van der Waals surface area contributed by atoms with Crippen LogP contribution in [0.25, 0.3) is 0 Å². The van der Waals surface area contributed by atoms with Crippen molar-refractivity contribution < 1.29 is 26.5 Å². The van der Waals surface area contributed by atoms with Gasteiger partial charge in [0.2, 0.25) is 16.0 Å². The molecule has 14 heteroatoms. The molecule has 1 heterocycles. The van der Waals surface area contributed by atoms with E-state index in [-0.39, 0.29) is 26.2 Å². The summed E-state index contributed by atoms with van der Waals surface area (Å²) in [6.45, 7) is 1.68. The molecule has 24 heavy (non-hydrogen) atoms. The van der Waals surface area contributed by atoms with E-state index in [1.807, 2.05) is 0 Å². The number of hydrogen-bond donors (Lipinski definition) is 5. The molecule has 0 amide bonds. The van der Waals surface area contributed by atoms with E-state index in [0.29, 0.717) is 11.8 Å². The average molecular weight is 386 g/mol. The van der Waals surface area contributed by atoms with E-state index in [9.17, 15) is 16.8 Å². The van der Waals surface area contributed by atoms with Crippen LogP contribution in [0.3, 0.4) is 0 Å². The Morgan fingerprint density at radius 1 is 1.25 bits per heavy atom. The Bertz CT molecular complexity index is 689. The Labute approximate surface area is 140 Å². The van der Waals surface area contributed by atoms with E-state index in [1.54, 1.807) is 18.9 Å². The molecule has 140 valence electrons. The molecular weight excluding hydrogens is 364 g/mol. The van der Waals surface area contributed by atoms with Gasteiger partial charge in [-0.05, 0) is 14.0 Å². The van der Waals surface area contributed by atoms with Gasteiger partial charge in [0.1, 0.15) is 5.84 Å². The fourth-order valence-electron chi connectivity index (χ4n) is 1.86. The largest absolute Gasteiger partial charge is 0.395 e. The number of hydrogen-bond acceptors (Lipinski definition) is 10. The van der Waals surface area contributed by atoms with Gasteiger partial charge in [0, 0.05) is 19.6 Å². The second kappa shape index (κ2) is 8.68. The van der Waals surface area contributed by atoms with Crippen molar-refractivity contribution in [2.45, 2.75) is 13.2 Å². The Morgan fingerprint density at radius 2 is 1.92 bits per heavy atom. The number of nitrogens with zero attached hydrogens (tertiary/aromatic N) is 3. The summed E-state index contributed by atoms with van der Waals surface area (Å²) in [7, 11) is -7.15. The molecule has 0 aromatic rings. The molecule has 1 rings (SSSR count). The topological polar surface area (TPSA) is 173 Å². The predicted octanol–water partition coefficient (Wildman–Crippen LogP) is -3.07. The lowest BCUT2D eigenvalue weighted by molar-refractivity contribution is 0.247. The van der Waals surface area contributed by atoms with Gasteiger partial charge in [-0.3, -0.25) is 9.87 Å². The van der Waals surface area contributed by atoms with Gasteiger partial charge in [-0.1, -0.05) is 0 Å². The molecule has 0 saturated carbocycles. The lowest BCUT2D eigenvalue weighted by Gasteiger charge is -2.29. The van der Waals surface area contributed by atoms with Crippen LogP contribution in [0, 0.1) is 0 Å². The molecule has 0 spiro atoms. The van der Waals surface area contributed by atoms with Gasteiger partial charge in [-0.15, -0.1) is 0 Å². The fraction of sp³-hybridized carbons (Fsp3) is 0.800. The van der Waals surface area contributed by atoms with Crippen LogP contribution in [0.4, 0.5) is 0 Å². The summed E-state index contributed by atoms with van der Waals surface area (Å²) in [6.07, 6.45) is -0.501. The number of nitrogens with one attached hydrogen (secondary N) is 3. The fourth-order valence-corrected chi connectivity index (χ4v) is 4.17. The zero-order valence-electron chi connectivity index (χ0n) is 13.3. The lowest BCUT2D eigenvalue weighted by atomic mass is 10.4. The maximum absolute atomic E-state index is 11.5. The van der Waals surface area contributed by atoms with E-state index >= 15 is 0 Å². The SMILES string of the molecule is CNC1N=C(C)NC(N(CCO)CCNS(=O)(=O)CS(=O)(=O)O)=N1. The molecule has 5 N–H and O–H groups in total. The van der Waals surface area contributed by atoms with E-state index in [4.69, 9.17) is 9.66 Å². The molecule has 1 atom stereocenters. The summed E-state index contributed by atoms with van der Waals surface area (Å²) in [6, 6.07) is 0. The van der Waals surface area contributed by atoms with E-state index < -0.39 is 31.5 Å². The Hall–Kier alpha value is -1.32. The van der Waals surface area contributed by atoms with Crippen molar-refractivity contribution in [2.24, 2.45) is 9.98 Å². The number of aliphatic hydroxyl groups is 1. The molecule has 0 bridgehead atoms. The highest BCUT2D eigenvalue weighted by Gasteiger charge is 2.21. The van der Waals surface area contributed by atoms with Gasteiger partial charge in [0.25, 0.3) is 10.1 Å². The highest BCUT2D eigenvalue weighted by molar-refractivity contribution is 8.04. The Morgan fingerprint density at radius 3 is 2.46 bits per heavy atom. The zero-order valence-corrected chi connectivity index (χ0v) is 14.9. The summed E-state index contributed by atoms with van der Waals surface area (Å²) in [5.74, 6) is 0.985. The van der Waals surface area contributed by atoms with Gasteiger partial charge < -0.3 is 15.3 Å². The van der Waals surface area contributed by atoms with Gasteiger partial charge >= 0.3 is 0 Å². The Kier molecular flexibility index (Phi) is 7.50. The Balaban J connectivity index is 2.69. The first kappa shape index (κ1) is 20.7. The molecule has 0 radical (unpaired) electrons. The average Bonchev–Trinajstić information content (AvgIpc) is 2.42. The quantitative estimate of drug-likeness (QED) is 0.258. The van der Waals surface area contributed by atoms with Crippen molar-refractivity contribution in [2.75, 3.05) is 38.4 Å². The standard InChI is InChI=1S/C10H22N6O6S2/c1-8-13-9(11-2)15-10(14-8)16(5-6-17)4-3-12-23(18,19)7-24(20,21)22/h9,11-12,17H,3-7H2,1-2H3,(H,13,14,15)(H,20,21,22). The molecule has 0 aromatic carbocycles. The second-order valence-corrected chi connectivity index (χ2v) is 8.50. The molecule has 0 fully saturated rings. The highest BCUT2D eigenvalue weighted by Crippen LogP contribution is 2.01. The van der Waals surface area contributed by atoms with Gasteiger partial charge in [-0.2, -0.15) is 8.42 Å². The van der Waals surface area contributed by atoms with Crippen molar-refractivity contribution in [3.05, 3.63) is 0 Å². The number of amidine groups is 1. The monoisotopic (exact) mass is 386 g/mol. The predicted molar refractivity (Wildman–Crippen MR) is 88.5 cm³/mol. The van der Waals surface area contributed by atoms with Crippen LogP contribution in [0.1, 0.15) is 6.92 Å². The minimum Gasteiger partial charge on any atom is -0.395 e. The molecule has 1 aliphatic rings. The number of rotatable bonds is 9. The van der Waals surface area contributed by atoms with Crippen LogP contribution < -0.4 is 15.4 Å². The maximum atomic E-state index is 11.5. The van der Waals surface area contributed by atoms with Crippen molar-refractivity contribution in [1.82, 2.24) is 20.3 Å². The second-order valence-electron chi connectivity index (χ2n) is 4.87. The summed E-state index contributed by atoms with van der Waals surface area (Å²) in [5, 5.41) is 13.5. The minimum absolute atomic E-state index is 0.112. The van der Waals surface area contributed by atoms with Crippen molar-refractivity contribution in [3.63, 3.8) is 0 Å². The third kappa shape index (κ3) is 7.50. The molecule has 1 unspecified atom stereocenters. The molecule has 12 nitrogen and oxygen atoms in total. The summed E-state index contributed by atoms with van der Waals surface area (Å²) in [5.41, 5.74) is 0. The minimum atomic E-state index is -4.65. The highest BCUT2D eigenvalue weighted by atomic mass is 32.3. The first-order valence-corrected chi connectivity index (χ1v) is 10.2. The van der Waals surface area contributed by atoms with Crippen molar-refractivity contribution in [3.8, 4) is 0 Å². The molecule has 1 aliphatic heterocycles. The zero-order chi connectivity index (χ0) is 18.4. The third-order valence-corrected chi connectivity index (χ3v) is 5.87. The maximum Gasteiger partial charge on any atom is 0.280 e. The molecule has 0 aromatic heterocycles. The van der Waals surface area contributed by atoms with Crippen molar-refractivity contribution in [1.29, 1.82) is 0 Å². The summed E-state index contributed by atoms with van der Waals surface area (Å²) in [4.78, 5) is 10.00. The first-order chi connectivity index (χ1) is 11.1. The normalized spacial score (nSPS) is 18.6. The van der Waals surface area contributed by atoms with Crippen LogP contribution >= 0.6 is 0 Å². The lowest BCUT2D eigenvalue weighted by Crippen LogP contribution is -2.51. The van der Waals surface area contributed by atoms with Gasteiger partial charge in [0.05, 0.1) is 6.61 Å². The molecule has 0 aliphatic carbocycles. The molecule has 0 saturated heterocycles.